The van der Waals surface area contributed by atoms with E-state index >= 15 is 0 Å². The number of benzene rings is 1. The zero-order valence-corrected chi connectivity index (χ0v) is 10.4. The predicted octanol–water partition coefficient (Wildman–Crippen LogP) is 2.28. The molecule has 0 bridgehead atoms. The third kappa shape index (κ3) is 2.37. The maximum Gasteiger partial charge on any atom is 0.330 e. The van der Waals surface area contributed by atoms with E-state index in [9.17, 15) is 4.79 Å². The van der Waals surface area contributed by atoms with Gasteiger partial charge in [0.15, 0.2) is 0 Å². The summed E-state index contributed by atoms with van der Waals surface area (Å²) in [5.41, 5.74) is 1.88. The van der Waals surface area contributed by atoms with Crippen LogP contribution in [0.4, 0.5) is 0 Å². The minimum absolute atomic E-state index is 0.341. The molecule has 4 nitrogen and oxygen atoms in total. The summed E-state index contributed by atoms with van der Waals surface area (Å²) in [6, 6.07) is 7.83. The molecule has 0 atom stereocenters. The Kier molecular flexibility index (Phi) is 3.67. The smallest absolute Gasteiger partial charge is 0.330 e. The predicted molar refractivity (Wildman–Crippen MR) is 70.1 cm³/mol. The Morgan fingerprint density at radius 1 is 1.39 bits per heavy atom. The number of hydrogen-bond acceptors (Lipinski definition) is 3. The summed E-state index contributed by atoms with van der Waals surface area (Å²) < 4.78 is 6.51. The number of fused-ring (bicyclic) bond motifs is 1. The van der Waals surface area contributed by atoms with Crippen molar-refractivity contribution in [1.29, 1.82) is 0 Å². The summed E-state index contributed by atoms with van der Waals surface area (Å²) in [5, 5.41) is 1.03. The largest absolute Gasteiger partial charge is 0.463 e. The molecule has 0 aliphatic carbocycles. The molecule has 0 radical (unpaired) electrons. The summed E-state index contributed by atoms with van der Waals surface area (Å²) in [6.07, 6.45) is 4.99. The molecule has 0 saturated carbocycles. The molecule has 1 aromatic heterocycles. The van der Waals surface area contributed by atoms with Gasteiger partial charge in [-0.2, -0.15) is 4.73 Å². The molecule has 0 spiro atoms. The molecule has 1 heterocycles. The summed E-state index contributed by atoms with van der Waals surface area (Å²) >= 11 is 0. The number of carbonyl (C=O) groups is 1. The van der Waals surface area contributed by atoms with Crippen LogP contribution in [0.25, 0.3) is 17.0 Å². The molecule has 0 fully saturated rings. The molecule has 0 unspecified atom stereocenters. The zero-order valence-electron chi connectivity index (χ0n) is 10.4. The quantitative estimate of drug-likeness (QED) is 0.613. The van der Waals surface area contributed by atoms with Gasteiger partial charge in [-0.1, -0.05) is 18.2 Å². The van der Waals surface area contributed by atoms with Gasteiger partial charge < -0.3 is 9.57 Å². The second-order valence-electron chi connectivity index (χ2n) is 3.70. The van der Waals surface area contributed by atoms with Crippen molar-refractivity contribution in [3.8, 4) is 0 Å². The highest BCUT2D eigenvalue weighted by molar-refractivity contribution is 5.94. The lowest BCUT2D eigenvalue weighted by atomic mass is 10.1. The monoisotopic (exact) mass is 245 g/mol. The molecule has 4 heteroatoms. The van der Waals surface area contributed by atoms with Gasteiger partial charge in [-0.05, 0) is 19.1 Å². The van der Waals surface area contributed by atoms with E-state index in [0.717, 1.165) is 16.5 Å². The average molecular weight is 245 g/mol. The SMILES string of the molecule is CCOC(=O)/C=C/c1cn(OC)c2ccccc12. The number of ether oxygens (including phenoxy) is 1. The number of esters is 1. The van der Waals surface area contributed by atoms with Crippen LogP contribution in [-0.2, 0) is 9.53 Å². The number of nitrogens with zero attached hydrogens (tertiary/aromatic N) is 1. The van der Waals surface area contributed by atoms with Crippen LogP contribution in [0.3, 0.4) is 0 Å². The number of para-hydroxylation sites is 1. The first kappa shape index (κ1) is 12.2. The Bertz CT molecular complexity index is 584. The van der Waals surface area contributed by atoms with E-state index in [1.54, 1.807) is 24.8 Å². The molecular formula is C14H15NO3. The maximum atomic E-state index is 11.3. The van der Waals surface area contributed by atoms with E-state index in [1.165, 1.54) is 6.08 Å². The molecule has 1 aromatic carbocycles. The van der Waals surface area contributed by atoms with Crippen molar-refractivity contribution in [2.75, 3.05) is 13.7 Å². The molecule has 0 aliphatic rings. The van der Waals surface area contributed by atoms with Crippen LogP contribution in [0, 0.1) is 0 Å². The van der Waals surface area contributed by atoms with E-state index < -0.39 is 0 Å². The van der Waals surface area contributed by atoms with E-state index in [0.29, 0.717) is 6.61 Å². The summed E-state index contributed by atoms with van der Waals surface area (Å²) in [5.74, 6) is -0.341. The molecule has 94 valence electrons. The van der Waals surface area contributed by atoms with E-state index in [-0.39, 0.29) is 5.97 Å². The van der Waals surface area contributed by atoms with Gasteiger partial charge in [0.05, 0.1) is 18.3 Å². The van der Waals surface area contributed by atoms with Crippen molar-refractivity contribution in [2.45, 2.75) is 6.92 Å². The van der Waals surface area contributed by atoms with E-state index in [2.05, 4.69) is 0 Å². The number of rotatable bonds is 4. The molecule has 0 amide bonds. The first-order valence-corrected chi connectivity index (χ1v) is 5.75. The molecule has 18 heavy (non-hydrogen) atoms. The van der Waals surface area contributed by atoms with E-state index in [4.69, 9.17) is 9.57 Å². The highest BCUT2D eigenvalue weighted by Gasteiger charge is 2.06. The Morgan fingerprint density at radius 2 is 2.17 bits per heavy atom. The minimum Gasteiger partial charge on any atom is -0.463 e. The third-order valence-corrected chi connectivity index (χ3v) is 2.59. The van der Waals surface area contributed by atoms with Crippen LogP contribution >= 0.6 is 0 Å². The van der Waals surface area contributed by atoms with Crippen LogP contribution in [0.15, 0.2) is 36.5 Å². The van der Waals surface area contributed by atoms with Crippen LogP contribution in [0.1, 0.15) is 12.5 Å². The van der Waals surface area contributed by atoms with Crippen molar-refractivity contribution in [3.63, 3.8) is 0 Å². The average Bonchev–Trinajstić information content (AvgIpc) is 2.75. The van der Waals surface area contributed by atoms with Crippen molar-refractivity contribution in [3.05, 3.63) is 42.1 Å². The molecule has 2 rings (SSSR count). The Hall–Kier alpha value is -2.23. The highest BCUT2D eigenvalue weighted by Crippen LogP contribution is 2.21. The van der Waals surface area contributed by atoms with E-state index in [1.807, 2.05) is 30.5 Å². The van der Waals surface area contributed by atoms with Gasteiger partial charge in [-0.25, -0.2) is 4.79 Å². The molecular weight excluding hydrogens is 230 g/mol. The van der Waals surface area contributed by atoms with Crippen LogP contribution in [0.2, 0.25) is 0 Å². The topological polar surface area (TPSA) is 40.5 Å². The Balaban J connectivity index is 2.36. The third-order valence-electron chi connectivity index (χ3n) is 2.59. The van der Waals surface area contributed by atoms with Crippen molar-refractivity contribution in [2.24, 2.45) is 0 Å². The van der Waals surface area contributed by atoms with Gasteiger partial charge in [0, 0.05) is 17.0 Å². The lowest BCUT2D eigenvalue weighted by molar-refractivity contribution is -0.137. The zero-order chi connectivity index (χ0) is 13.0. The minimum atomic E-state index is -0.341. The molecule has 0 N–H and O–H groups in total. The summed E-state index contributed by atoms with van der Waals surface area (Å²) in [7, 11) is 1.60. The van der Waals surface area contributed by atoms with Crippen molar-refractivity contribution in [1.82, 2.24) is 4.73 Å². The fraction of sp³-hybridized carbons (Fsp3) is 0.214. The lowest BCUT2D eigenvalue weighted by Crippen LogP contribution is -2.02. The second kappa shape index (κ2) is 5.40. The van der Waals surface area contributed by atoms with Gasteiger partial charge in [-0.3, -0.25) is 0 Å². The lowest BCUT2D eigenvalue weighted by Gasteiger charge is -1.99. The summed E-state index contributed by atoms with van der Waals surface area (Å²) in [6.45, 7) is 2.16. The van der Waals surface area contributed by atoms with Gasteiger partial charge in [-0.15, -0.1) is 0 Å². The Morgan fingerprint density at radius 3 is 2.89 bits per heavy atom. The summed E-state index contributed by atoms with van der Waals surface area (Å²) in [4.78, 5) is 16.5. The normalized spacial score (nSPS) is 11.0. The maximum absolute atomic E-state index is 11.3. The van der Waals surface area contributed by atoms with Crippen LogP contribution in [0.5, 0.6) is 0 Å². The van der Waals surface area contributed by atoms with Crippen molar-refractivity contribution < 1.29 is 14.4 Å². The van der Waals surface area contributed by atoms with Crippen LogP contribution < -0.4 is 4.84 Å². The second-order valence-corrected chi connectivity index (χ2v) is 3.70. The van der Waals surface area contributed by atoms with Gasteiger partial charge in [0.1, 0.15) is 7.11 Å². The molecule has 0 saturated heterocycles. The molecule has 0 aliphatic heterocycles. The van der Waals surface area contributed by atoms with Crippen molar-refractivity contribution >= 4 is 22.9 Å². The number of hydrogen-bond donors (Lipinski definition) is 0. The van der Waals surface area contributed by atoms with Gasteiger partial charge in [0.2, 0.25) is 0 Å². The van der Waals surface area contributed by atoms with Crippen LogP contribution in [-0.4, -0.2) is 24.4 Å². The first-order chi connectivity index (χ1) is 8.76. The number of carbonyl (C=O) groups excluding carboxylic acids is 1. The molecule has 2 aromatic rings. The van der Waals surface area contributed by atoms with Gasteiger partial charge in [0.25, 0.3) is 0 Å². The fourth-order valence-electron chi connectivity index (χ4n) is 1.81. The van der Waals surface area contributed by atoms with Gasteiger partial charge >= 0.3 is 5.97 Å². The highest BCUT2D eigenvalue weighted by atomic mass is 16.6. The fourth-order valence-corrected chi connectivity index (χ4v) is 1.81. The Labute approximate surface area is 105 Å². The number of aromatic nitrogens is 1. The first-order valence-electron chi connectivity index (χ1n) is 5.75. The standard InChI is InChI=1S/C14H15NO3/c1-3-18-14(16)9-8-11-10-15(17-2)13-7-5-4-6-12(11)13/h4-10H,3H2,1-2H3/b9-8+.